The first kappa shape index (κ1) is 9.59. The molecule has 7 heteroatoms. The molecule has 1 fully saturated rings. The monoisotopic (exact) mass is 190 g/mol. The van der Waals surface area contributed by atoms with Gasteiger partial charge in [-0.25, -0.2) is 19.6 Å². The molecule has 0 unspecified atom stereocenters. The van der Waals surface area contributed by atoms with Crippen molar-refractivity contribution in [2.24, 2.45) is 0 Å². The SMILES string of the molecule is COC1CN(C(=O)O)N(C(=O)O)C1. The summed E-state index contributed by atoms with van der Waals surface area (Å²) >= 11 is 0. The summed E-state index contributed by atoms with van der Waals surface area (Å²) in [6, 6.07) is 0. The largest absolute Gasteiger partial charge is 0.464 e. The van der Waals surface area contributed by atoms with Gasteiger partial charge in [0.15, 0.2) is 0 Å². The summed E-state index contributed by atoms with van der Waals surface area (Å²) in [5, 5.41) is 18.7. The van der Waals surface area contributed by atoms with Crippen LogP contribution in [0.15, 0.2) is 0 Å². The van der Waals surface area contributed by atoms with Crippen LogP contribution in [0.1, 0.15) is 0 Å². The second-order valence-electron chi connectivity index (χ2n) is 2.59. The van der Waals surface area contributed by atoms with E-state index < -0.39 is 12.2 Å². The molecule has 0 aromatic carbocycles. The van der Waals surface area contributed by atoms with Crippen LogP contribution in [-0.2, 0) is 4.74 Å². The Kier molecular flexibility index (Phi) is 2.57. The molecular formula is C6H10N2O5. The van der Waals surface area contributed by atoms with Crippen molar-refractivity contribution in [1.29, 1.82) is 0 Å². The molecule has 13 heavy (non-hydrogen) atoms. The number of amides is 2. The quantitative estimate of drug-likeness (QED) is 0.602. The number of ether oxygens (including phenoxy) is 1. The summed E-state index contributed by atoms with van der Waals surface area (Å²) in [6.45, 7) is 0.107. The first-order valence-corrected chi connectivity index (χ1v) is 3.60. The van der Waals surface area contributed by atoms with Crippen molar-refractivity contribution in [3.63, 3.8) is 0 Å². The van der Waals surface area contributed by atoms with Gasteiger partial charge in [-0.15, -0.1) is 0 Å². The zero-order chi connectivity index (χ0) is 10.0. The van der Waals surface area contributed by atoms with E-state index >= 15 is 0 Å². The Morgan fingerprint density at radius 1 is 1.23 bits per heavy atom. The van der Waals surface area contributed by atoms with Crippen LogP contribution >= 0.6 is 0 Å². The molecule has 0 bridgehead atoms. The lowest BCUT2D eigenvalue weighted by Gasteiger charge is -2.20. The molecule has 2 N–H and O–H groups in total. The van der Waals surface area contributed by atoms with Crippen molar-refractivity contribution in [3.05, 3.63) is 0 Å². The molecule has 0 atom stereocenters. The third-order valence-electron chi connectivity index (χ3n) is 1.82. The van der Waals surface area contributed by atoms with E-state index in [1.54, 1.807) is 0 Å². The molecule has 1 heterocycles. The Bertz CT molecular complexity index is 209. The third kappa shape index (κ3) is 1.81. The van der Waals surface area contributed by atoms with E-state index in [2.05, 4.69) is 0 Å². The van der Waals surface area contributed by atoms with Crippen LogP contribution in [0.25, 0.3) is 0 Å². The molecule has 1 aliphatic heterocycles. The molecule has 0 aromatic rings. The maximum Gasteiger partial charge on any atom is 0.426 e. The number of carboxylic acid groups (broad SMARTS) is 2. The molecule has 2 amide bonds. The predicted octanol–water partition coefficient (Wildman–Crippen LogP) is -0.110. The number of carbonyl (C=O) groups is 2. The van der Waals surface area contributed by atoms with Crippen LogP contribution in [0.2, 0.25) is 0 Å². The summed E-state index contributed by atoms with van der Waals surface area (Å²) in [6.07, 6.45) is -2.96. The third-order valence-corrected chi connectivity index (χ3v) is 1.82. The zero-order valence-corrected chi connectivity index (χ0v) is 7.01. The highest BCUT2D eigenvalue weighted by molar-refractivity contribution is 5.72. The van der Waals surface area contributed by atoms with Gasteiger partial charge < -0.3 is 14.9 Å². The minimum Gasteiger partial charge on any atom is -0.464 e. The number of hydrogen-bond acceptors (Lipinski definition) is 3. The number of methoxy groups -OCH3 is 1. The van der Waals surface area contributed by atoms with Crippen LogP contribution < -0.4 is 0 Å². The maximum atomic E-state index is 10.5. The molecule has 0 saturated carbocycles. The Balaban J connectivity index is 2.71. The van der Waals surface area contributed by atoms with Crippen molar-refractivity contribution >= 4 is 12.2 Å². The average Bonchev–Trinajstić information content (AvgIpc) is 2.47. The lowest BCUT2D eigenvalue weighted by molar-refractivity contribution is 0.0355. The fraction of sp³-hybridized carbons (Fsp3) is 0.667. The summed E-state index contributed by atoms with van der Waals surface area (Å²) in [7, 11) is 1.41. The van der Waals surface area contributed by atoms with Crippen LogP contribution in [0.3, 0.4) is 0 Å². The van der Waals surface area contributed by atoms with Gasteiger partial charge in [-0.05, 0) is 0 Å². The van der Waals surface area contributed by atoms with Crippen molar-refractivity contribution in [3.8, 4) is 0 Å². The maximum absolute atomic E-state index is 10.5. The highest BCUT2D eigenvalue weighted by atomic mass is 16.5. The number of hydrazine groups is 1. The fourth-order valence-electron chi connectivity index (χ4n) is 1.15. The standard InChI is InChI=1S/C6H10N2O5/c1-13-4-2-7(5(9)10)8(3-4)6(11)12/h4H,2-3H2,1H3,(H,9,10)(H,11,12). The molecule has 0 aliphatic carbocycles. The van der Waals surface area contributed by atoms with Gasteiger partial charge in [0.05, 0.1) is 19.2 Å². The molecule has 1 saturated heterocycles. The molecular weight excluding hydrogens is 180 g/mol. The first-order valence-electron chi connectivity index (χ1n) is 3.60. The highest BCUT2D eigenvalue weighted by Gasteiger charge is 2.36. The van der Waals surface area contributed by atoms with E-state index in [0.29, 0.717) is 0 Å². The van der Waals surface area contributed by atoms with Crippen LogP contribution in [0, 0.1) is 0 Å². The topological polar surface area (TPSA) is 90.3 Å². The number of hydrogen-bond donors (Lipinski definition) is 2. The molecule has 1 aliphatic rings. The predicted molar refractivity (Wildman–Crippen MR) is 40.3 cm³/mol. The lowest BCUT2D eigenvalue weighted by Crippen LogP contribution is -2.43. The Morgan fingerprint density at radius 2 is 1.62 bits per heavy atom. The molecule has 0 aromatic heterocycles. The number of nitrogens with zero attached hydrogens (tertiary/aromatic N) is 2. The molecule has 1 rings (SSSR count). The van der Waals surface area contributed by atoms with Crippen molar-refractivity contribution in [1.82, 2.24) is 10.0 Å². The van der Waals surface area contributed by atoms with E-state index in [-0.39, 0.29) is 19.2 Å². The van der Waals surface area contributed by atoms with Gasteiger partial charge in [-0.2, -0.15) is 0 Å². The number of rotatable bonds is 1. The van der Waals surface area contributed by atoms with Gasteiger partial charge in [0.1, 0.15) is 0 Å². The highest BCUT2D eigenvalue weighted by Crippen LogP contribution is 2.13. The van der Waals surface area contributed by atoms with Gasteiger partial charge in [-0.3, -0.25) is 0 Å². The van der Waals surface area contributed by atoms with Gasteiger partial charge >= 0.3 is 12.2 Å². The summed E-state index contributed by atoms with van der Waals surface area (Å²) in [5.74, 6) is 0. The van der Waals surface area contributed by atoms with Gasteiger partial charge in [0.25, 0.3) is 0 Å². The van der Waals surface area contributed by atoms with Crippen molar-refractivity contribution in [2.75, 3.05) is 20.2 Å². The van der Waals surface area contributed by atoms with E-state index in [0.717, 1.165) is 10.0 Å². The van der Waals surface area contributed by atoms with Crippen molar-refractivity contribution < 1.29 is 24.5 Å². The van der Waals surface area contributed by atoms with Gasteiger partial charge in [-0.1, -0.05) is 0 Å². The smallest absolute Gasteiger partial charge is 0.426 e. The molecule has 0 radical (unpaired) electrons. The minimum atomic E-state index is -1.29. The Labute approximate surface area is 74.1 Å². The van der Waals surface area contributed by atoms with Gasteiger partial charge in [0.2, 0.25) is 0 Å². The van der Waals surface area contributed by atoms with Crippen LogP contribution in [0.5, 0.6) is 0 Å². The fourth-order valence-corrected chi connectivity index (χ4v) is 1.15. The minimum absolute atomic E-state index is 0.0537. The van der Waals surface area contributed by atoms with Crippen molar-refractivity contribution in [2.45, 2.75) is 6.10 Å². The Hall–Kier alpha value is -1.50. The summed E-state index contributed by atoms with van der Waals surface area (Å²) in [4.78, 5) is 21.1. The van der Waals surface area contributed by atoms with E-state index in [1.807, 2.05) is 0 Å². The van der Waals surface area contributed by atoms with Crippen LogP contribution in [0.4, 0.5) is 9.59 Å². The molecule has 7 nitrogen and oxygen atoms in total. The first-order chi connectivity index (χ1) is 6.06. The summed E-state index contributed by atoms with van der Waals surface area (Å²) in [5.41, 5.74) is 0. The van der Waals surface area contributed by atoms with E-state index in [4.69, 9.17) is 14.9 Å². The lowest BCUT2D eigenvalue weighted by atomic mass is 10.4. The molecule has 0 spiro atoms. The van der Waals surface area contributed by atoms with Crippen LogP contribution in [-0.4, -0.2) is 58.7 Å². The van der Waals surface area contributed by atoms with E-state index in [9.17, 15) is 9.59 Å². The second-order valence-corrected chi connectivity index (χ2v) is 2.59. The zero-order valence-electron chi connectivity index (χ0n) is 7.01. The van der Waals surface area contributed by atoms with E-state index in [1.165, 1.54) is 7.11 Å². The second kappa shape index (κ2) is 3.48. The average molecular weight is 190 g/mol. The Morgan fingerprint density at radius 3 is 1.85 bits per heavy atom. The van der Waals surface area contributed by atoms with Gasteiger partial charge in [0, 0.05) is 7.11 Å². The normalized spacial score (nSPS) is 17.9. The molecule has 74 valence electrons. The summed E-state index contributed by atoms with van der Waals surface area (Å²) < 4.78 is 4.86.